The fraction of sp³-hybridized carbons (Fsp3) is 0.500. The Hall–Kier alpha value is -1.69. The van der Waals surface area contributed by atoms with Gasteiger partial charge in [0.05, 0.1) is 5.56 Å². The highest BCUT2D eigenvalue weighted by molar-refractivity contribution is 7.18. The first-order valence-corrected chi connectivity index (χ1v) is 7.77. The van der Waals surface area contributed by atoms with Crippen LogP contribution in [0.1, 0.15) is 39.7 Å². The highest BCUT2D eigenvalue weighted by Crippen LogP contribution is 2.24. The van der Waals surface area contributed by atoms with Crippen LogP contribution in [0.4, 0.5) is 5.13 Å². The van der Waals surface area contributed by atoms with Gasteiger partial charge < -0.3 is 9.88 Å². The van der Waals surface area contributed by atoms with Crippen molar-refractivity contribution in [1.82, 2.24) is 14.8 Å². The summed E-state index contributed by atoms with van der Waals surface area (Å²) in [4.78, 5) is 12.5. The molecule has 108 valence electrons. The van der Waals surface area contributed by atoms with Crippen LogP contribution in [0.25, 0.3) is 10.6 Å². The van der Waals surface area contributed by atoms with Crippen molar-refractivity contribution >= 4 is 16.5 Å². The van der Waals surface area contributed by atoms with Crippen LogP contribution in [0, 0.1) is 0 Å². The number of hydrogen-bond donors (Lipinski definition) is 1. The van der Waals surface area contributed by atoms with E-state index in [4.69, 9.17) is 0 Å². The molecule has 0 saturated carbocycles. The quantitative estimate of drug-likeness (QED) is 0.888. The zero-order chi connectivity index (χ0) is 14.5. The Kier molecular flexibility index (Phi) is 4.89. The van der Waals surface area contributed by atoms with Gasteiger partial charge in [0.15, 0.2) is 5.01 Å². The van der Waals surface area contributed by atoms with Gasteiger partial charge in [-0.15, -0.1) is 10.2 Å². The third-order valence-electron chi connectivity index (χ3n) is 3.22. The van der Waals surface area contributed by atoms with Crippen molar-refractivity contribution in [2.24, 2.45) is 0 Å². The zero-order valence-electron chi connectivity index (χ0n) is 12.1. The minimum Gasteiger partial charge on any atom is -0.360 e. The summed E-state index contributed by atoms with van der Waals surface area (Å²) in [5.74, 6) is 0. The first kappa shape index (κ1) is 14.7. The van der Waals surface area contributed by atoms with E-state index in [0.717, 1.165) is 24.5 Å². The Bertz CT molecular complexity index is 620. The molecule has 6 heteroatoms. The van der Waals surface area contributed by atoms with Gasteiger partial charge in [0.25, 0.3) is 5.56 Å². The van der Waals surface area contributed by atoms with Crippen LogP contribution in [0.15, 0.2) is 23.1 Å². The van der Waals surface area contributed by atoms with E-state index < -0.39 is 0 Å². The molecular formula is C14H20N4OS. The Labute approximate surface area is 122 Å². The van der Waals surface area contributed by atoms with Gasteiger partial charge in [0.2, 0.25) is 5.13 Å². The summed E-state index contributed by atoms with van der Waals surface area (Å²) in [5.41, 5.74) is 0.620. The number of aromatic nitrogens is 3. The number of pyridine rings is 1. The second-order valence-corrected chi connectivity index (χ2v) is 5.71. The van der Waals surface area contributed by atoms with Crippen molar-refractivity contribution < 1.29 is 0 Å². The lowest BCUT2D eigenvalue weighted by Crippen LogP contribution is -2.23. The monoisotopic (exact) mass is 292 g/mol. The summed E-state index contributed by atoms with van der Waals surface area (Å²) in [6, 6.07) is 3.89. The van der Waals surface area contributed by atoms with Gasteiger partial charge in [-0.1, -0.05) is 25.2 Å². The predicted octanol–water partition coefficient (Wildman–Crippen LogP) is 3.16. The van der Waals surface area contributed by atoms with E-state index >= 15 is 0 Å². The van der Waals surface area contributed by atoms with E-state index in [1.807, 2.05) is 25.3 Å². The highest BCUT2D eigenvalue weighted by Gasteiger charge is 2.13. The van der Waals surface area contributed by atoms with Crippen LogP contribution in [-0.2, 0) is 0 Å². The van der Waals surface area contributed by atoms with E-state index in [-0.39, 0.29) is 11.6 Å². The Morgan fingerprint density at radius 2 is 2.20 bits per heavy atom. The lowest BCUT2D eigenvalue weighted by Gasteiger charge is -2.13. The first-order valence-electron chi connectivity index (χ1n) is 6.96. The summed E-state index contributed by atoms with van der Waals surface area (Å²) in [7, 11) is 0. The van der Waals surface area contributed by atoms with Gasteiger partial charge in [-0.25, -0.2) is 0 Å². The first-order chi connectivity index (χ1) is 9.67. The van der Waals surface area contributed by atoms with Crippen molar-refractivity contribution in [1.29, 1.82) is 0 Å². The molecule has 1 N–H and O–H groups in total. The molecule has 20 heavy (non-hydrogen) atoms. The van der Waals surface area contributed by atoms with Crippen molar-refractivity contribution in [3.05, 3.63) is 28.7 Å². The second-order valence-electron chi connectivity index (χ2n) is 4.73. The number of hydrogen-bond acceptors (Lipinski definition) is 5. The van der Waals surface area contributed by atoms with Gasteiger partial charge >= 0.3 is 0 Å². The van der Waals surface area contributed by atoms with Gasteiger partial charge in [-0.2, -0.15) is 0 Å². The van der Waals surface area contributed by atoms with Gasteiger partial charge in [-0.3, -0.25) is 4.79 Å². The topological polar surface area (TPSA) is 59.8 Å². The van der Waals surface area contributed by atoms with Crippen LogP contribution in [-0.4, -0.2) is 21.3 Å². The minimum atomic E-state index is 0.0000384. The molecule has 2 aromatic heterocycles. The smallest absolute Gasteiger partial charge is 0.261 e. The molecule has 2 rings (SSSR count). The Morgan fingerprint density at radius 1 is 1.40 bits per heavy atom. The summed E-state index contributed by atoms with van der Waals surface area (Å²) < 4.78 is 1.76. The van der Waals surface area contributed by atoms with Gasteiger partial charge in [0, 0.05) is 18.8 Å². The van der Waals surface area contributed by atoms with Gasteiger partial charge in [0.1, 0.15) is 0 Å². The van der Waals surface area contributed by atoms with Crippen LogP contribution in [0.5, 0.6) is 0 Å². The largest absolute Gasteiger partial charge is 0.360 e. The fourth-order valence-corrected chi connectivity index (χ4v) is 2.64. The van der Waals surface area contributed by atoms with Gasteiger partial charge in [-0.05, 0) is 31.9 Å². The molecule has 0 bridgehead atoms. The van der Waals surface area contributed by atoms with Crippen molar-refractivity contribution in [3.63, 3.8) is 0 Å². The summed E-state index contributed by atoms with van der Waals surface area (Å²) in [5, 5.41) is 12.8. The second kappa shape index (κ2) is 6.65. The number of rotatable bonds is 6. The lowest BCUT2D eigenvalue weighted by molar-refractivity contribution is 0.515. The molecule has 2 aromatic rings. The molecule has 0 spiro atoms. The number of anilines is 1. The summed E-state index contributed by atoms with van der Waals surface area (Å²) in [6.07, 6.45) is 3.78. The molecule has 0 aliphatic rings. The molecule has 0 saturated heterocycles. The zero-order valence-corrected chi connectivity index (χ0v) is 12.9. The molecular weight excluding hydrogens is 272 g/mol. The van der Waals surface area contributed by atoms with Crippen LogP contribution in [0.2, 0.25) is 0 Å². The van der Waals surface area contributed by atoms with E-state index in [9.17, 15) is 4.79 Å². The SMILES string of the molecule is CCCNc1nnc(-c2cccn(C(C)CC)c2=O)s1. The standard InChI is InChI=1S/C14H20N4OS/c1-4-8-15-14-17-16-12(20-14)11-7-6-9-18(13(11)19)10(3)5-2/h6-7,9-10H,4-5,8H2,1-3H3,(H,15,17). The molecule has 0 radical (unpaired) electrons. The van der Waals surface area contributed by atoms with E-state index in [2.05, 4.69) is 29.4 Å². The highest BCUT2D eigenvalue weighted by atomic mass is 32.1. The third kappa shape index (κ3) is 3.07. The number of nitrogens with zero attached hydrogens (tertiary/aromatic N) is 3. The van der Waals surface area contributed by atoms with E-state index in [1.165, 1.54) is 11.3 Å². The number of nitrogens with one attached hydrogen (secondary N) is 1. The average molecular weight is 292 g/mol. The third-order valence-corrected chi connectivity index (χ3v) is 4.14. The van der Waals surface area contributed by atoms with Crippen molar-refractivity contribution in [2.75, 3.05) is 11.9 Å². The molecule has 0 fully saturated rings. The molecule has 1 unspecified atom stereocenters. The van der Waals surface area contributed by atoms with E-state index in [1.54, 1.807) is 4.57 Å². The van der Waals surface area contributed by atoms with Crippen LogP contribution >= 0.6 is 11.3 Å². The molecule has 0 amide bonds. The Morgan fingerprint density at radius 3 is 2.90 bits per heavy atom. The lowest BCUT2D eigenvalue weighted by atomic mass is 10.2. The maximum Gasteiger partial charge on any atom is 0.261 e. The minimum absolute atomic E-state index is 0.0000384. The molecule has 2 heterocycles. The predicted molar refractivity (Wildman–Crippen MR) is 83.4 cm³/mol. The van der Waals surface area contributed by atoms with Crippen LogP contribution in [0.3, 0.4) is 0 Å². The summed E-state index contributed by atoms with van der Waals surface area (Å²) >= 11 is 1.42. The summed E-state index contributed by atoms with van der Waals surface area (Å²) in [6.45, 7) is 7.07. The molecule has 0 aliphatic carbocycles. The fourth-order valence-electron chi connectivity index (χ4n) is 1.85. The maximum atomic E-state index is 12.5. The van der Waals surface area contributed by atoms with Crippen LogP contribution < -0.4 is 10.9 Å². The molecule has 5 nitrogen and oxygen atoms in total. The maximum absolute atomic E-state index is 12.5. The average Bonchev–Trinajstić information content (AvgIpc) is 2.93. The Balaban J connectivity index is 2.33. The molecule has 1 atom stereocenters. The normalized spacial score (nSPS) is 12.3. The molecule has 0 aliphatic heterocycles. The van der Waals surface area contributed by atoms with Crippen molar-refractivity contribution in [3.8, 4) is 10.6 Å². The van der Waals surface area contributed by atoms with Crippen molar-refractivity contribution in [2.45, 2.75) is 39.7 Å². The molecule has 0 aromatic carbocycles. The van der Waals surface area contributed by atoms with E-state index in [0.29, 0.717) is 10.6 Å².